The number of halogens is 1. The van der Waals surface area contributed by atoms with Gasteiger partial charge in [0.25, 0.3) is 0 Å². The van der Waals surface area contributed by atoms with Crippen LogP contribution in [0.15, 0.2) is 0 Å². The van der Waals surface area contributed by atoms with Gasteiger partial charge in [0.15, 0.2) is 5.82 Å². The van der Waals surface area contributed by atoms with Crippen molar-refractivity contribution in [1.82, 2.24) is 9.97 Å². The molecule has 0 amide bonds. The summed E-state index contributed by atoms with van der Waals surface area (Å²) in [6.45, 7) is 4.92. The van der Waals surface area contributed by atoms with E-state index in [0.717, 1.165) is 18.1 Å². The number of hydrogen-bond donors (Lipinski definition) is 1. The van der Waals surface area contributed by atoms with Crippen molar-refractivity contribution in [2.75, 3.05) is 17.2 Å². The van der Waals surface area contributed by atoms with E-state index in [1.54, 1.807) is 0 Å². The molecule has 1 aromatic heterocycles. The summed E-state index contributed by atoms with van der Waals surface area (Å²) in [6, 6.07) is 0.538. The Hall–Kier alpha value is -1.03. The second kappa shape index (κ2) is 5.74. The third-order valence-electron chi connectivity index (χ3n) is 3.72. The Balaban J connectivity index is 2.31. The molecule has 0 radical (unpaired) electrons. The number of anilines is 2. The summed E-state index contributed by atoms with van der Waals surface area (Å²) >= 11 is 5.96. The van der Waals surface area contributed by atoms with Gasteiger partial charge in [-0.05, 0) is 38.3 Å². The number of aromatic nitrogens is 2. The molecular formula is C13H21ClN4. The number of hydrogen-bond acceptors (Lipinski definition) is 4. The molecule has 0 aromatic carbocycles. The van der Waals surface area contributed by atoms with E-state index in [1.807, 2.05) is 6.92 Å². The van der Waals surface area contributed by atoms with Crippen LogP contribution in [0.2, 0.25) is 5.28 Å². The quantitative estimate of drug-likeness (QED) is 0.856. The van der Waals surface area contributed by atoms with Crippen molar-refractivity contribution >= 4 is 23.1 Å². The fourth-order valence-electron chi connectivity index (χ4n) is 2.73. The monoisotopic (exact) mass is 268 g/mol. The lowest BCUT2D eigenvalue weighted by Crippen LogP contribution is -2.38. The van der Waals surface area contributed by atoms with Crippen molar-refractivity contribution in [3.05, 3.63) is 11.0 Å². The first-order valence-electron chi connectivity index (χ1n) is 6.69. The largest absolute Gasteiger partial charge is 0.394 e. The van der Waals surface area contributed by atoms with Gasteiger partial charge in [-0.2, -0.15) is 4.98 Å². The molecule has 0 unspecified atom stereocenters. The lowest BCUT2D eigenvalue weighted by Gasteiger charge is -2.35. The Kier molecular flexibility index (Phi) is 4.27. The zero-order chi connectivity index (χ0) is 13.1. The molecule has 2 rings (SSSR count). The lowest BCUT2D eigenvalue weighted by molar-refractivity contribution is 0.416. The van der Waals surface area contributed by atoms with E-state index in [0.29, 0.717) is 11.7 Å². The molecule has 0 spiro atoms. The molecule has 0 saturated heterocycles. The van der Waals surface area contributed by atoms with Crippen LogP contribution >= 0.6 is 11.6 Å². The van der Waals surface area contributed by atoms with E-state index in [-0.39, 0.29) is 5.28 Å². The molecule has 18 heavy (non-hydrogen) atoms. The Morgan fingerprint density at radius 1 is 1.28 bits per heavy atom. The third-order valence-corrected chi connectivity index (χ3v) is 3.89. The number of nitrogens with two attached hydrogens (primary N) is 1. The highest BCUT2D eigenvalue weighted by molar-refractivity contribution is 6.28. The molecule has 1 aliphatic carbocycles. The van der Waals surface area contributed by atoms with Gasteiger partial charge in [0, 0.05) is 12.6 Å². The van der Waals surface area contributed by atoms with E-state index >= 15 is 0 Å². The number of nitrogens with zero attached hydrogens (tertiary/aromatic N) is 3. The number of nitrogen functional groups attached to an aromatic ring is 1. The van der Waals surface area contributed by atoms with Crippen LogP contribution in [0.3, 0.4) is 0 Å². The van der Waals surface area contributed by atoms with Crippen molar-refractivity contribution in [3.8, 4) is 0 Å². The summed E-state index contributed by atoms with van der Waals surface area (Å²) in [5.74, 6) is 0.807. The second-order valence-electron chi connectivity index (χ2n) is 4.89. The van der Waals surface area contributed by atoms with Crippen LogP contribution in [0.1, 0.15) is 44.7 Å². The van der Waals surface area contributed by atoms with E-state index in [1.165, 1.54) is 32.1 Å². The highest BCUT2D eigenvalue weighted by atomic mass is 35.5. The maximum Gasteiger partial charge on any atom is 0.224 e. The molecule has 2 N–H and O–H groups in total. The first-order chi connectivity index (χ1) is 8.63. The van der Waals surface area contributed by atoms with Crippen LogP contribution in [0, 0.1) is 6.92 Å². The van der Waals surface area contributed by atoms with Gasteiger partial charge in [-0.15, -0.1) is 0 Å². The van der Waals surface area contributed by atoms with Crippen molar-refractivity contribution in [2.45, 2.75) is 52.0 Å². The zero-order valence-electron chi connectivity index (χ0n) is 11.1. The topological polar surface area (TPSA) is 55.0 Å². The van der Waals surface area contributed by atoms with Gasteiger partial charge in [0.2, 0.25) is 5.28 Å². The molecule has 1 heterocycles. The molecule has 1 fully saturated rings. The molecule has 0 aliphatic heterocycles. The predicted molar refractivity (Wildman–Crippen MR) is 76.1 cm³/mol. The molecule has 4 nitrogen and oxygen atoms in total. The minimum absolute atomic E-state index is 0.283. The Morgan fingerprint density at radius 2 is 1.94 bits per heavy atom. The van der Waals surface area contributed by atoms with Gasteiger partial charge in [-0.25, -0.2) is 4.98 Å². The van der Waals surface area contributed by atoms with Gasteiger partial charge >= 0.3 is 0 Å². The summed E-state index contributed by atoms with van der Waals surface area (Å²) in [7, 11) is 0. The summed E-state index contributed by atoms with van der Waals surface area (Å²) in [4.78, 5) is 10.7. The van der Waals surface area contributed by atoms with Gasteiger partial charge < -0.3 is 10.6 Å². The molecule has 1 aliphatic rings. The SMILES string of the molecule is CCN(c1nc(Cl)nc(C)c1N)C1CCCCC1. The summed E-state index contributed by atoms with van der Waals surface area (Å²) in [5.41, 5.74) is 7.53. The molecule has 100 valence electrons. The van der Waals surface area contributed by atoms with Gasteiger partial charge in [-0.1, -0.05) is 19.3 Å². The van der Waals surface area contributed by atoms with Crippen LogP contribution in [-0.4, -0.2) is 22.6 Å². The molecule has 0 bridgehead atoms. The predicted octanol–water partition coefficient (Wildman–Crippen LogP) is 3.18. The smallest absolute Gasteiger partial charge is 0.224 e. The maximum absolute atomic E-state index is 6.11. The maximum atomic E-state index is 6.11. The summed E-state index contributed by atoms with van der Waals surface area (Å²) in [5, 5.41) is 0.283. The van der Waals surface area contributed by atoms with Crippen LogP contribution in [0.25, 0.3) is 0 Å². The normalized spacial score (nSPS) is 16.8. The Bertz CT molecular complexity index is 416. The fourth-order valence-corrected chi connectivity index (χ4v) is 2.93. The van der Waals surface area contributed by atoms with Crippen LogP contribution in [0.4, 0.5) is 11.5 Å². The van der Waals surface area contributed by atoms with E-state index in [4.69, 9.17) is 17.3 Å². The minimum atomic E-state index is 0.283. The Morgan fingerprint density at radius 3 is 2.56 bits per heavy atom. The number of aryl methyl sites for hydroxylation is 1. The average molecular weight is 269 g/mol. The van der Waals surface area contributed by atoms with E-state index in [2.05, 4.69) is 21.8 Å². The standard InChI is InChI=1S/C13H21ClN4/c1-3-18(10-7-5-4-6-8-10)12-11(15)9(2)16-13(14)17-12/h10H,3-8,15H2,1-2H3. The van der Waals surface area contributed by atoms with Crippen LogP contribution in [0.5, 0.6) is 0 Å². The van der Waals surface area contributed by atoms with Crippen molar-refractivity contribution in [2.24, 2.45) is 0 Å². The molecule has 1 aromatic rings. The third kappa shape index (κ3) is 2.69. The van der Waals surface area contributed by atoms with Crippen LogP contribution in [-0.2, 0) is 0 Å². The minimum Gasteiger partial charge on any atom is -0.394 e. The zero-order valence-corrected chi connectivity index (χ0v) is 11.9. The number of rotatable bonds is 3. The van der Waals surface area contributed by atoms with E-state index in [9.17, 15) is 0 Å². The van der Waals surface area contributed by atoms with Crippen molar-refractivity contribution in [1.29, 1.82) is 0 Å². The first kappa shape index (κ1) is 13.4. The molecule has 0 atom stereocenters. The average Bonchev–Trinajstić information content (AvgIpc) is 2.37. The fraction of sp³-hybridized carbons (Fsp3) is 0.692. The summed E-state index contributed by atoms with van der Waals surface area (Å²) in [6.07, 6.45) is 6.35. The van der Waals surface area contributed by atoms with E-state index < -0.39 is 0 Å². The van der Waals surface area contributed by atoms with Crippen LogP contribution < -0.4 is 10.6 Å². The highest BCUT2D eigenvalue weighted by Crippen LogP contribution is 2.31. The van der Waals surface area contributed by atoms with Gasteiger partial charge in [0.1, 0.15) is 0 Å². The highest BCUT2D eigenvalue weighted by Gasteiger charge is 2.23. The summed E-state index contributed by atoms with van der Waals surface area (Å²) < 4.78 is 0. The van der Waals surface area contributed by atoms with Crippen molar-refractivity contribution in [3.63, 3.8) is 0 Å². The second-order valence-corrected chi connectivity index (χ2v) is 5.23. The first-order valence-corrected chi connectivity index (χ1v) is 7.07. The van der Waals surface area contributed by atoms with Gasteiger partial charge in [0.05, 0.1) is 11.4 Å². The van der Waals surface area contributed by atoms with Gasteiger partial charge in [-0.3, -0.25) is 0 Å². The lowest BCUT2D eigenvalue weighted by atomic mass is 9.94. The molecule has 5 heteroatoms. The molecule has 1 saturated carbocycles. The molecular weight excluding hydrogens is 248 g/mol. The Labute approximate surface area is 114 Å². The van der Waals surface area contributed by atoms with Crippen molar-refractivity contribution < 1.29 is 0 Å².